The molecule has 0 spiro atoms. The van der Waals surface area contributed by atoms with E-state index in [4.69, 9.17) is 23.2 Å². The Kier molecular flexibility index (Phi) is 3.71. The lowest BCUT2D eigenvalue weighted by molar-refractivity contribution is 0.103. The Morgan fingerprint density at radius 2 is 0.868 bits per heavy atom. The highest BCUT2D eigenvalue weighted by molar-refractivity contribution is 6.47. The van der Waals surface area contributed by atoms with Gasteiger partial charge in [-0.3, -0.25) is 9.59 Å². The van der Waals surface area contributed by atoms with E-state index in [-0.39, 0.29) is 11.6 Å². The second-order valence-corrected chi connectivity index (χ2v) is 10.9. The van der Waals surface area contributed by atoms with Crippen molar-refractivity contribution in [1.29, 1.82) is 0 Å². The van der Waals surface area contributed by atoms with Crippen molar-refractivity contribution in [3.8, 4) is 22.3 Å². The van der Waals surface area contributed by atoms with Gasteiger partial charge in [-0.2, -0.15) is 0 Å². The third-order valence-corrected chi connectivity index (χ3v) is 9.27. The quantitative estimate of drug-likeness (QED) is 0.146. The van der Waals surface area contributed by atoms with Gasteiger partial charge in [0.25, 0.3) is 0 Å². The Morgan fingerprint density at radius 3 is 1.50 bits per heavy atom. The van der Waals surface area contributed by atoms with E-state index in [9.17, 15) is 9.59 Å². The summed E-state index contributed by atoms with van der Waals surface area (Å²) in [4.78, 5) is 27.2. The maximum Gasteiger partial charge on any atom is 0.194 e. The Bertz CT molecular complexity index is 2270. The zero-order valence-electron chi connectivity index (χ0n) is 19.7. The number of rotatable bonds is 0. The lowest BCUT2D eigenvalue weighted by Gasteiger charge is -2.26. The molecule has 0 N–H and O–H groups in total. The van der Waals surface area contributed by atoms with E-state index in [1.54, 1.807) is 12.1 Å². The minimum absolute atomic E-state index is 0.0481. The molecule has 0 fully saturated rings. The first kappa shape index (κ1) is 20.8. The number of carbonyl (C=O) groups is 2. The maximum absolute atomic E-state index is 13.7. The molecule has 7 aromatic carbocycles. The normalized spacial score (nSPS) is 13.6. The summed E-state index contributed by atoms with van der Waals surface area (Å²) < 4.78 is 0. The van der Waals surface area contributed by atoms with Crippen LogP contribution in [0.25, 0.3) is 65.3 Å². The van der Waals surface area contributed by atoms with E-state index in [2.05, 4.69) is 36.4 Å². The lowest BCUT2D eigenvalue weighted by Crippen LogP contribution is -2.11. The fourth-order valence-electron chi connectivity index (χ4n) is 6.91. The molecule has 0 aromatic heterocycles. The van der Waals surface area contributed by atoms with Crippen molar-refractivity contribution in [2.75, 3.05) is 0 Å². The number of hydrogen-bond acceptors (Lipinski definition) is 2. The van der Waals surface area contributed by atoms with Gasteiger partial charge in [0.1, 0.15) is 0 Å². The molecular weight excluding hydrogens is 511 g/mol. The standard InChI is InChI=1S/C34H14Cl2O2/c35-26-14-13-25-31(32(26)36)22-10-7-18-17-6-5-16-15-3-1-2-4-21(15)33(37)23-11-8-19(27(17)29(16)23)20-9-12-24(34(25)38)30(22)28(18)20/h1-14H. The average molecular weight is 525 g/mol. The molecule has 0 saturated heterocycles. The zero-order valence-corrected chi connectivity index (χ0v) is 21.2. The van der Waals surface area contributed by atoms with Crippen LogP contribution in [0.15, 0.2) is 84.9 Å². The van der Waals surface area contributed by atoms with Crippen molar-refractivity contribution in [2.45, 2.75) is 0 Å². The molecule has 0 radical (unpaired) electrons. The third kappa shape index (κ3) is 2.24. The molecule has 4 heteroatoms. The van der Waals surface area contributed by atoms with Crippen molar-refractivity contribution in [3.63, 3.8) is 0 Å². The Labute approximate surface area is 226 Å². The highest BCUT2D eigenvalue weighted by Crippen LogP contribution is 2.51. The Hall–Kier alpha value is -4.24. The first-order chi connectivity index (χ1) is 18.5. The van der Waals surface area contributed by atoms with E-state index in [1.807, 2.05) is 36.4 Å². The van der Waals surface area contributed by atoms with Gasteiger partial charge >= 0.3 is 0 Å². The Morgan fingerprint density at radius 1 is 0.395 bits per heavy atom. The summed E-state index contributed by atoms with van der Waals surface area (Å²) in [6, 6.07) is 27.8. The summed E-state index contributed by atoms with van der Waals surface area (Å²) in [7, 11) is 0. The molecule has 0 unspecified atom stereocenters. The van der Waals surface area contributed by atoms with E-state index < -0.39 is 0 Å². The summed E-state index contributed by atoms with van der Waals surface area (Å²) in [5.74, 6) is 0.00887. The molecule has 176 valence electrons. The van der Waals surface area contributed by atoms with Crippen LogP contribution in [0.4, 0.5) is 0 Å². The highest BCUT2D eigenvalue weighted by atomic mass is 35.5. The minimum atomic E-state index is -0.0481. The first-order valence-electron chi connectivity index (χ1n) is 12.4. The second kappa shape index (κ2) is 6.79. The summed E-state index contributed by atoms with van der Waals surface area (Å²) in [6.07, 6.45) is 0. The molecule has 2 aliphatic rings. The van der Waals surface area contributed by atoms with E-state index in [1.165, 1.54) is 0 Å². The van der Waals surface area contributed by atoms with Crippen molar-refractivity contribution in [2.24, 2.45) is 0 Å². The fourth-order valence-corrected chi connectivity index (χ4v) is 7.33. The average Bonchev–Trinajstić information content (AvgIpc) is 2.95. The topological polar surface area (TPSA) is 34.1 Å². The molecule has 0 atom stereocenters. The van der Waals surface area contributed by atoms with Crippen LogP contribution in [0.1, 0.15) is 31.8 Å². The van der Waals surface area contributed by atoms with Gasteiger partial charge in [0.05, 0.1) is 10.0 Å². The molecular formula is C34H14Cl2O2. The van der Waals surface area contributed by atoms with E-state index >= 15 is 0 Å². The maximum atomic E-state index is 13.7. The third-order valence-electron chi connectivity index (χ3n) is 8.46. The second-order valence-electron chi connectivity index (χ2n) is 10.1. The van der Waals surface area contributed by atoms with Gasteiger partial charge in [-0.1, -0.05) is 83.9 Å². The Balaban J connectivity index is 1.52. The fraction of sp³-hybridized carbons (Fsp3) is 0. The summed E-state index contributed by atoms with van der Waals surface area (Å²) in [5, 5.41) is 9.10. The number of benzene rings is 7. The van der Waals surface area contributed by atoms with Gasteiger partial charge in [-0.25, -0.2) is 0 Å². The molecule has 0 bridgehead atoms. The van der Waals surface area contributed by atoms with Gasteiger partial charge in [0.2, 0.25) is 0 Å². The summed E-state index contributed by atoms with van der Waals surface area (Å²) >= 11 is 13.1. The van der Waals surface area contributed by atoms with E-state index in [0.29, 0.717) is 26.7 Å². The van der Waals surface area contributed by atoms with E-state index in [0.717, 1.165) is 70.9 Å². The van der Waals surface area contributed by atoms with Gasteiger partial charge < -0.3 is 0 Å². The molecule has 2 aliphatic carbocycles. The van der Waals surface area contributed by atoms with Crippen LogP contribution in [0.2, 0.25) is 10.0 Å². The van der Waals surface area contributed by atoms with Crippen LogP contribution in [0.3, 0.4) is 0 Å². The lowest BCUT2D eigenvalue weighted by atomic mass is 9.76. The number of hydrogen-bond donors (Lipinski definition) is 0. The minimum Gasteiger partial charge on any atom is -0.289 e. The highest BCUT2D eigenvalue weighted by Gasteiger charge is 2.31. The predicted octanol–water partition coefficient (Wildman–Crippen LogP) is 9.47. The smallest absolute Gasteiger partial charge is 0.194 e. The van der Waals surface area contributed by atoms with Gasteiger partial charge in [0, 0.05) is 38.6 Å². The van der Waals surface area contributed by atoms with Crippen LogP contribution in [-0.4, -0.2) is 11.6 Å². The number of halogens is 2. The molecule has 0 saturated carbocycles. The van der Waals surface area contributed by atoms with Crippen LogP contribution in [0.5, 0.6) is 0 Å². The predicted molar refractivity (Wildman–Crippen MR) is 155 cm³/mol. The summed E-state index contributed by atoms with van der Waals surface area (Å²) in [6.45, 7) is 0. The van der Waals surface area contributed by atoms with Crippen molar-refractivity contribution < 1.29 is 9.59 Å². The van der Waals surface area contributed by atoms with Gasteiger partial charge in [-0.05, 0) is 73.3 Å². The number of carbonyl (C=O) groups excluding carboxylic acids is 2. The van der Waals surface area contributed by atoms with Crippen LogP contribution < -0.4 is 0 Å². The molecule has 2 nitrogen and oxygen atoms in total. The van der Waals surface area contributed by atoms with Crippen molar-refractivity contribution in [3.05, 3.63) is 117 Å². The molecule has 0 heterocycles. The monoisotopic (exact) mass is 524 g/mol. The van der Waals surface area contributed by atoms with Gasteiger partial charge in [-0.15, -0.1) is 0 Å². The molecule has 0 amide bonds. The molecule has 9 rings (SSSR count). The summed E-state index contributed by atoms with van der Waals surface area (Å²) in [5.41, 5.74) is 6.38. The van der Waals surface area contributed by atoms with Crippen LogP contribution in [0, 0.1) is 0 Å². The zero-order chi connectivity index (χ0) is 25.4. The van der Waals surface area contributed by atoms with Gasteiger partial charge in [0.15, 0.2) is 11.6 Å². The molecule has 0 aliphatic heterocycles. The number of fused-ring (bicyclic) bond motifs is 6. The van der Waals surface area contributed by atoms with Crippen molar-refractivity contribution in [1.82, 2.24) is 0 Å². The SMILES string of the molecule is O=C1c2ccccc2-c2ccc3c4ccc5c6c(ccc(c7ccc1c2c73)c64)C(=O)c1ccc(Cl)c(Cl)c1-5. The molecule has 7 aromatic rings. The van der Waals surface area contributed by atoms with Crippen LogP contribution >= 0.6 is 23.2 Å². The first-order valence-corrected chi connectivity index (χ1v) is 13.2. The number of ketones is 2. The van der Waals surface area contributed by atoms with Crippen LogP contribution in [-0.2, 0) is 0 Å². The molecule has 38 heavy (non-hydrogen) atoms. The largest absolute Gasteiger partial charge is 0.289 e. The van der Waals surface area contributed by atoms with Crippen molar-refractivity contribution >= 4 is 77.9 Å².